The maximum absolute atomic E-state index is 13.5. The summed E-state index contributed by atoms with van der Waals surface area (Å²) in [6.07, 6.45) is 6.03. The lowest BCUT2D eigenvalue weighted by molar-refractivity contribution is 0.169. The number of nitrogens with one attached hydrogen (secondary N) is 1. The van der Waals surface area contributed by atoms with E-state index in [1.54, 1.807) is 0 Å². The number of aliphatic hydroxyl groups is 1. The largest absolute Gasteiger partial charge is 0.387 e. The third kappa shape index (κ3) is 3.71. The molecule has 0 saturated heterocycles. The molecule has 1 atom stereocenters. The zero-order valence-electron chi connectivity index (χ0n) is 11.7. The van der Waals surface area contributed by atoms with Crippen molar-refractivity contribution in [3.8, 4) is 0 Å². The Morgan fingerprint density at radius 2 is 2.05 bits per heavy atom. The quantitative estimate of drug-likeness (QED) is 0.846. The van der Waals surface area contributed by atoms with Crippen molar-refractivity contribution in [3.63, 3.8) is 0 Å². The van der Waals surface area contributed by atoms with Crippen LogP contribution in [0.3, 0.4) is 0 Å². The normalized spacial score (nSPS) is 19.2. The van der Waals surface area contributed by atoms with Gasteiger partial charge in [-0.3, -0.25) is 0 Å². The Morgan fingerprint density at radius 1 is 1.35 bits per heavy atom. The standard InChI is InChI=1S/C15H21F2NOS/c1-20-15(6-2-3-7-15)10-18-9-14(19)12-5-4-11(16)8-13(12)17/h4-5,8,14,18-19H,2-3,6-7,9-10H2,1H3. The topological polar surface area (TPSA) is 32.3 Å². The Kier molecular flexibility index (Phi) is 5.41. The molecular formula is C15H21F2NOS. The van der Waals surface area contributed by atoms with E-state index >= 15 is 0 Å². The molecular weight excluding hydrogens is 280 g/mol. The van der Waals surface area contributed by atoms with E-state index in [1.807, 2.05) is 11.8 Å². The van der Waals surface area contributed by atoms with Gasteiger partial charge in [0.25, 0.3) is 0 Å². The van der Waals surface area contributed by atoms with Crippen molar-refractivity contribution in [2.24, 2.45) is 0 Å². The van der Waals surface area contributed by atoms with Crippen LogP contribution in [0.2, 0.25) is 0 Å². The smallest absolute Gasteiger partial charge is 0.131 e. The third-order valence-electron chi connectivity index (χ3n) is 4.05. The van der Waals surface area contributed by atoms with Crippen LogP contribution in [0.25, 0.3) is 0 Å². The summed E-state index contributed by atoms with van der Waals surface area (Å²) in [5.41, 5.74) is 0.142. The highest BCUT2D eigenvalue weighted by Gasteiger charge is 2.32. The average Bonchev–Trinajstić information content (AvgIpc) is 2.88. The van der Waals surface area contributed by atoms with E-state index in [4.69, 9.17) is 0 Å². The van der Waals surface area contributed by atoms with E-state index in [1.165, 1.54) is 37.8 Å². The summed E-state index contributed by atoms with van der Waals surface area (Å²) in [4.78, 5) is 0. The predicted octanol–water partition coefficient (Wildman–Crippen LogP) is 3.26. The van der Waals surface area contributed by atoms with E-state index < -0.39 is 17.7 Å². The molecule has 1 unspecified atom stereocenters. The fraction of sp³-hybridized carbons (Fsp3) is 0.600. The van der Waals surface area contributed by atoms with Gasteiger partial charge >= 0.3 is 0 Å². The van der Waals surface area contributed by atoms with Crippen molar-refractivity contribution in [1.29, 1.82) is 0 Å². The Hall–Kier alpha value is -0.650. The molecule has 1 aromatic rings. The molecule has 1 fully saturated rings. The van der Waals surface area contributed by atoms with Gasteiger partial charge in [0.2, 0.25) is 0 Å². The first kappa shape index (κ1) is 15.7. The van der Waals surface area contributed by atoms with E-state index in [2.05, 4.69) is 11.6 Å². The van der Waals surface area contributed by atoms with E-state index in [0.717, 1.165) is 12.6 Å². The van der Waals surface area contributed by atoms with Crippen LogP contribution in [0.4, 0.5) is 8.78 Å². The van der Waals surface area contributed by atoms with Gasteiger partial charge in [-0.2, -0.15) is 11.8 Å². The van der Waals surface area contributed by atoms with Gasteiger partial charge in [-0.05, 0) is 25.2 Å². The molecule has 0 heterocycles. The summed E-state index contributed by atoms with van der Waals surface area (Å²) in [7, 11) is 0. The maximum Gasteiger partial charge on any atom is 0.131 e. The minimum atomic E-state index is -0.948. The Labute approximate surface area is 123 Å². The zero-order valence-corrected chi connectivity index (χ0v) is 12.5. The van der Waals surface area contributed by atoms with Crippen molar-refractivity contribution in [1.82, 2.24) is 5.32 Å². The summed E-state index contributed by atoms with van der Waals surface area (Å²) in [5.74, 6) is -1.32. The number of hydrogen-bond acceptors (Lipinski definition) is 3. The van der Waals surface area contributed by atoms with Gasteiger partial charge in [0.05, 0.1) is 6.10 Å². The second kappa shape index (κ2) is 6.87. The van der Waals surface area contributed by atoms with Crippen molar-refractivity contribution in [2.45, 2.75) is 36.5 Å². The first-order chi connectivity index (χ1) is 9.56. The number of halogens is 2. The van der Waals surface area contributed by atoms with Gasteiger partial charge in [0, 0.05) is 29.5 Å². The molecule has 1 aliphatic rings. The Morgan fingerprint density at radius 3 is 2.65 bits per heavy atom. The van der Waals surface area contributed by atoms with Gasteiger partial charge in [-0.1, -0.05) is 18.9 Å². The fourth-order valence-electron chi connectivity index (χ4n) is 2.79. The van der Waals surface area contributed by atoms with E-state index in [0.29, 0.717) is 0 Å². The van der Waals surface area contributed by atoms with Crippen LogP contribution in [0.5, 0.6) is 0 Å². The van der Waals surface area contributed by atoms with Crippen molar-refractivity contribution >= 4 is 11.8 Å². The van der Waals surface area contributed by atoms with Crippen molar-refractivity contribution in [3.05, 3.63) is 35.4 Å². The van der Waals surface area contributed by atoms with Crippen LogP contribution in [0.15, 0.2) is 18.2 Å². The van der Waals surface area contributed by atoms with Crippen molar-refractivity contribution < 1.29 is 13.9 Å². The lowest BCUT2D eigenvalue weighted by Crippen LogP contribution is -2.37. The summed E-state index contributed by atoms with van der Waals surface area (Å²) < 4.78 is 26.6. The number of benzene rings is 1. The molecule has 2 nitrogen and oxygen atoms in total. The highest BCUT2D eigenvalue weighted by Crippen LogP contribution is 2.39. The van der Waals surface area contributed by atoms with Crippen molar-refractivity contribution in [2.75, 3.05) is 19.3 Å². The van der Waals surface area contributed by atoms with Crippen LogP contribution < -0.4 is 5.32 Å². The average molecular weight is 301 g/mol. The monoisotopic (exact) mass is 301 g/mol. The second-order valence-corrected chi connectivity index (χ2v) is 6.68. The predicted molar refractivity (Wildman–Crippen MR) is 78.9 cm³/mol. The first-order valence-corrected chi connectivity index (χ1v) is 8.18. The molecule has 1 aliphatic carbocycles. The van der Waals surface area contributed by atoms with Gasteiger partial charge in [0.15, 0.2) is 0 Å². The van der Waals surface area contributed by atoms with Crippen LogP contribution in [0.1, 0.15) is 37.4 Å². The fourth-order valence-corrected chi connectivity index (χ4v) is 3.73. The molecule has 0 aliphatic heterocycles. The highest BCUT2D eigenvalue weighted by atomic mass is 32.2. The zero-order chi connectivity index (χ0) is 14.6. The lowest BCUT2D eigenvalue weighted by Gasteiger charge is -2.27. The van der Waals surface area contributed by atoms with Crippen LogP contribution in [0, 0.1) is 11.6 Å². The van der Waals surface area contributed by atoms with Gasteiger partial charge in [0.1, 0.15) is 11.6 Å². The summed E-state index contributed by atoms with van der Waals surface area (Å²) in [6, 6.07) is 3.28. The van der Waals surface area contributed by atoms with E-state index in [9.17, 15) is 13.9 Å². The van der Waals surface area contributed by atoms with E-state index in [-0.39, 0.29) is 16.9 Å². The Bertz CT molecular complexity index is 449. The molecule has 1 aromatic carbocycles. The summed E-state index contributed by atoms with van der Waals surface area (Å²) >= 11 is 1.86. The third-order valence-corrected chi connectivity index (χ3v) is 5.47. The van der Waals surface area contributed by atoms with Crippen LogP contribution in [-0.4, -0.2) is 29.2 Å². The first-order valence-electron chi connectivity index (χ1n) is 6.95. The number of aliphatic hydroxyl groups excluding tert-OH is 1. The molecule has 1 saturated carbocycles. The molecule has 112 valence electrons. The maximum atomic E-state index is 13.5. The molecule has 0 bridgehead atoms. The van der Waals surface area contributed by atoms with Gasteiger partial charge in [-0.15, -0.1) is 0 Å². The molecule has 0 amide bonds. The molecule has 0 radical (unpaired) electrons. The van der Waals surface area contributed by atoms with Gasteiger partial charge in [-0.25, -0.2) is 8.78 Å². The van der Waals surface area contributed by atoms with Crippen LogP contribution in [-0.2, 0) is 0 Å². The number of thioether (sulfide) groups is 1. The number of rotatable bonds is 6. The number of hydrogen-bond donors (Lipinski definition) is 2. The highest BCUT2D eigenvalue weighted by molar-refractivity contribution is 8.00. The molecule has 2 N–H and O–H groups in total. The summed E-state index contributed by atoms with van der Waals surface area (Å²) in [5, 5.41) is 13.2. The second-order valence-electron chi connectivity index (χ2n) is 5.41. The molecule has 2 rings (SSSR count). The lowest BCUT2D eigenvalue weighted by atomic mass is 10.1. The SMILES string of the molecule is CSC1(CNCC(O)c2ccc(F)cc2F)CCCC1. The minimum Gasteiger partial charge on any atom is -0.387 e. The molecule has 20 heavy (non-hydrogen) atoms. The van der Waals surface area contributed by atoms with Gasteiger partial charge < -0.3 is 10.4 Å². The molecule has 5 heteroatoms. The molecule has 0 spiro atoms. The summed E-state index contributed by atoms with van der Waals surface area (Å²) in [6.45, 7) is 1.10. The van der Waals surface area contributed by atoms with Crippen LogP contribution >= 0.6 is 11.8 Å². The molecule has 0 aromatic heterocycles. The Balaban J connectivity index is 1.87. The minimum absolute atomic E-state index is 0.142.